The van der Waals surface area contributed by atoms with Crippen LogP contribution < -0.4 is 5.32 Å². The Morgan fingerprint density at radius 2 is 1.94 bits per heavy atom. The van der Waals surface area contributed by atoms with Crippen LogP contribution in [0.1, 0.15) is 24.7 Å². The zero-order chi connectivity index (χ0) is 11.9. The molecule has 17 heavy (non-hydrogen) atoms. The summed E-state index contributed by atoms with van der Waals surface area (Å²) < 4.78 is 5.28. The van der Waals surface area contributed by atoms with E-state index in [2.05, 4.69) is 42.6 Å². The van der Waals surface area contributed by atoms with Gasteiger partial charge in [-0.25, -0.2) is 0 Å². The normalized spacial score (nSPS) is 12.5. The van der Waals surface area contributed by atoms with Gasteiger partial charge in [-0.2, -0.15) is 0 Å². The van der Waals surface area contributed by atoms with Crippen LogP contribution in [0, 0.1) is 0 Å². The molecule has 2 rings (SSSR count). The lowest BCUT2D eigenvalue weighted by Gasteiger charge is -2.12. The van der Waals surface area contributed by atoms with E-state index in [-0.39, 0.29) is 0 Å². The van der Waals surface area contributed by atoms with Crippen LogP contribution in [-0.2, 0) is 13.0 Å². The fourth-order valence-electron chi connectivity index (χ4n) is 1.82. The maximum atomic E-state index is 5.28. The highest BCUT2D eigenvalue weighted by Gasteiger charge is 2.03. The molecule has 90 valence electrons. The van der Waals surface area contributed by atoms with Gasteiger partial charge in [-0.1, -0.05) is 30.3 Å². The molecule has 0 fully saturated rings. The summed E-state index contributed by atoms with van der Waals surface area (Å²) in [6.07, 6.45) is 3.98. The molecule has 0 spiro atoms. The number of hydrogen-bond donors (Lipinski definition) is 1. The summed E-state index contributed by atoms with van der Waals surface area (Å²) in [5.74, 6) is 0.997. The standard InChI is InChI=1S/C15H19NO/c1-13(16-12-15-8-5-11-17-15)9-10-14-6-3-2-4-7-14/h2-8,11,13,16H,9-10,12H2,1H3/t13-/m1/s1. The Morgan fingerprint density at radius 1 is 1.12 bits per heavy atom. The molecular weight excluding hydrogens is 210 g/mol. The predicted octanol–water partition coefficient (Wildman–Crippen LogP) is 3.39. The third-order valence-electron chi connectivity index (χ3n) is 2.91. The molecule has 2 aromatic rings. The first-order valence-corrected chi connectivity index (χ1v) is 6.14. The van der Waals surface area contributed by atoms with Crippen LogP contribution in [0.2, 0.25) is 0 Å². The third kappa shape index (κ3) is 4.08. The fraction of sp³-hybridized carbons (Fsp3) is 0.333. The average molecular weight is 229 g/mol. The Kier molecular flexibility index (Phi) is 4.39. The molecular formula is C15H19NO. The van der Waals surface area contributed by atoms with Gasteiger partial charge in [0.15, 0.2) is 0 Å². The van der Waals surface area contributed by atoms with Crippen molar-refractivity contribution in [2.75, 3.05) is 0 Å². The van der Waals surface area contributed by atoms with Crippen molar-refractivity contribution >= 4 is 0 Å². The first-order valence-electron chi connectivity index (χ1n) is 6.14. The van der Waals surface area contributed by atoms with Gasteiger partial charge >= 0.3 is 0 Å². The first-order chi connectivity index (χ1) is 8.34. The minimum absolute atomic E-state index is 0.500. The van der Waals surface area contributed by atoms with Gasteiger partial charge in [-0.3, -0.25) is 0 Å². The second-order valence-electron chi connectivity index (χ2n) is 4.39. The summed E-state index contributed by atoms with van der Waals surface area (Å²) in [5, 5.41) is 3.46. The van der Waals surface area contributed by atoms with E-state index in [1.807, 2.05) is 12.1 Å². The molecule has 0 radical (unpaired) electrons. The quantitative estimate of drug-likeness (QED) is 0.821. The number of furan rings is 1. The second-order valence-corrected chi connectivity index (χ2v) is 4.39. The van der Waals surface area contributed by atoms with Crippen molar-refractivity contribution in [1.82, 2.24) is 5.32 Å². The number of nitrogens with one attached hydrogen (secondary N) is 1. The number of aryl methyl sites for hydroxylation is 1. The van der Waals surface area contributed by atoms with Crippen molar-refractivity contribution in [2.24, 2.45) is 0 Å². The maximum Gasteiger partial charge on any atom is 0.117 e. The lowest BCUT2D eigenvalue weighted by atomic mass is 10.1. The van der Waals surface area contributed by atoms with Crippen LogP contribution in [0.25, 0.3) is 0 Å². The highest BCUT2D eigenvalue weighted by Crippen LogP contribution is 2.06. The Labute approximate surface area is 103 Å². The van der Waals surface area contributed by atoms with Crippen molar-refractivity contribution in [3.05, 3.63) is 60.1 Å². The summed E-state index contributed by atoms with van der Waals surface area (Å²) in [6.45, 7) is 3.02. The van der Waals surface area contributed by atoms with E-state index in [0.717, 1.165) is 25.1 Å². The van der Waals surface area contributed by atoms with Crippen LogP contribution in [0.3, 0.4) is 0 Å². The van der Waals surface area contributed by atoms with Gasteiger partial charge in [0, 0.05) is 6.04 Å². The minimum atomic E-state index is 0.500. The Morgan fingerprint density at radius 3 is 2.65 bits per heavy atom. The van der Waals surface area contributed by atoms with E-state index in [9.17, 15) is 0 Å². The molecule has 0 aliphatic rings. The van der Waals surface area contributed by atoms with Gasteiger partial charge in [0.25, 0.3) is 0 Å². The smallest absolute Gasteiger partial charge is 0.117 e. The lowest BCUT2D eigenvalue weighted by molar-refractivity contribution is 0.443. The molecule has 2 nitrogen and oxygen atoms in total. The van der Waals surface area contributed by atoms with Crippen molar-refractivity contribution in [3.8, 4) is 0 Å². The van der Waals surface area contributed by atoms with Gasteiger partial charge < -0.3 is 9.73 Å². The van der Waals surface area contributed by atoms with Gasteiger partial charge in [0.05, 0.1) is 12.8 Å². The van der Waals surface area contributed by atoms with Crippen LogP contribution in [0.5, 0.6) is 0 Å². The average Bonchev–Trinajstić information content (AvgIpc) is 2.88. The van der Waals surface area contributed by atoms with E-state index in [0.29, 0.717) is 6.04 Å². The second kappa shape index (κ2) is 6.26. The van der Waals surface area contributed by atoms with Crippen molar-refractivity contribution < 1.29 is 4.42 Å². The van der Waals surface area contributed by atoms with E-state index < -0.39 is 0 Å². The molecule has 2 heteroatoms. The Hall–Kier alpha value is -1.54. The Bertz CT molecular complexity index is 408. The van der Waals surface area contributed by atoms with Crippen molar-refractivity contribution in [3.63, 3.8) is 0 Å². The van der Waals surface area contributed by atoms with E-state index in [1.54, 1.807) is 6.26 Å². The molecule has 0 aliphatic heterocycles. The summed E-state index contributed by atoms with van der Waals surface area (Å²) >= 11 is 0. The van der Waals surface area contributed by atoms with Gasteiger partial charge in [-0.05, 0) is 37.5 Å². The zero-order valence-electron chi connectivity index (χ0n) is 10.2. The van der Waals surface area contributed by atoms with Gasteiger partial charge in [-0.15, -0.1) is 0 Å². The molecule has 0 aliphatic carbocycles. The molecule has 0 amide bonds. The molecule has 1 aromatic carbocycles. The third-order valence-corrected chi connectivity index (χ3v) is 2.91. The number of rotatable bonds is 6. The van der Waals surface area contributed by atoms with Crippen molar-refractivity contribution in [2.45, 2.75) is 32.4 Å². The fourth-order valence-corrected chi connectivity index (χ4v) is 1.82. The number of benzene rings is 1. The molecule has 1 aromatic heterocycles. The topological polar surface area (TPSA) is 25.2 Å². The van der Waals surface area contributed by atoms with Crippen LogP contribution in [0.15, 0.2) is 53.1 Å². The largest absolute Gasteiger partial charge is 0.468 e. The summed E-state index contributed by atoms with van der Waals surface area (Å²) in [7, 11) is 0. The number of hydrogen-bond acceptors (Lipinski definition) is 2. The summed E-state index contributed by atoms with van der Waals surface area (Å²) in [6, 6.07) is 15.0. The highest BCUT2D eigenvalue weighted by atomic mass is 16.3. The van der Waals surface area contributed by atoms with Crippen LogP contribution in [0.4, 0.5) is 0 Å². The maximum absolute atomic E-state index is 5.28. The lowest BCUT2D eigenvalue weighted by Crippen LogP contribution is -2.25. The SMILES string of the molecule is C[C@H](CCc1ccccc1)NCc1ccco1. The molecule has 1 heterocycles. The zero-order valence-corrected chi connectivity index (χ0v) is 10.2. The molecule has 1 atom stereocenters. The summed E-state index contributed by atoms with van der Waals surface area (Å²) in [5.41, 5.74) is 1.40. The van der Waals surface area contributed by atoms with Gasteiger partial charge in [0.1, 0.15) is 5.76 Å². The van der Waals surface area contributed by atoms with Crippen molar-refractivity contribution in [1.29, 1.82) is 0 Å². The summed E-state index contributed by atoms with van der Waals surface area (Å²) in [4.78, 5) is 0. The molecule has 0 unspecified atom stereocenters. The Balaban J connectivity index is 1.69. The molecule has 1 N–H and O–H groups in total. The minimum Gasteiger partial charge on any atom is -0.468 e. The predicted molar refractivity (Wildman–Crippen MR) is 69.8 cm³/mol. The van der Waals surface area contributed by atoms with Crippen LogP contribution in [-0.4, -0.2) is 6.04 Å². The monoisotopic (exact) mass is 229 g/mol. The first kappa shape index (κ1) is 11.9. The van der Waals surface area contributed by atoms with Crippen LogP contribution >= 0.6 is 0 Å². The van der Waals surface area contributed by atoms with E-state index in [4.69, 9.17) is 4.42 Å². The molecule has 0 saturated heterocycles. The van der Waals surface area contributed by atoms with E-state index >= 15 is 0 Å². The molecule has 0 saturated carbocycles. The molecule has 0 bridgehead atoms. The van der Waals surface area contributed by atoms with E-state index in [1.165, 1.54) is 5.56 Å². The highest BCUT2D eigenvalue weighted by molar-refractivity contribution is 5.14. The van der Waals surface area contributed by atoms with Gasteiger partial charge in [0.2, 0.25) is 0 Å².